The molecule has 0 radical (unpaired) electrons. The molecule has 0 spiro atoms. The van der Waals surface area contributed by atoms with Crippen molar-refractivity contribution in [2.75, 3.05) is 43.6 Å². The molecule has 2 N–H and O–H groups in total. The van der Waals surface area contributed by atoms with E-state index in [0.29, 0.717) is 37.9 Å². The van der Waals surface area contributed by atoms with E-state index in [1.165, 1.54) is 0 Å². The van der Waals surface area contributed by atoms with E-state index in [-0.39, 0.29) is 12.5 Å². The van der Waals surface area contributed by atoms with Crippen LogP contribution in [0.2, 0.25) is 0 Å². The smallest absolute Gasteiger partial charge is 0.243 e. The molecule has 6 heteroatoms. The molecule has 0 fully saturated rings. The minimum atomic E-state index is -0.140. The van der Waals surface area contributed by atoms with E-state index in [1.54, 1.807) is 6.07 Å². The van der Waals surface area contributed by atoms with Gasteiger partial charge in [-0.05, 0) is 38.1 Å². The minimum absolute atomic E-state index is 0.140. The predicted molar refractivity (Wildman–Crippen MR) is 103 cm³/mol. The first-order chi connectivity index (χ1) is 12.7. The van der Waals surface area contributed by atoms with Crippen LogP contribution in [0.4, 0.5) is 11.4 Å². The zero-order chi connectivity index (χ0) is 18.6. The van der Waals surface area contributed by atoms with Gasteiger partial charge in [0.1, 0.15) is 18.1 Å². The minimum Gasteiger partial charge on any atom is -0.494 e. The molecule has 2 rings (SSSR count). The van der Waals surface area contributed by atoms with Gasteiger partial charge in [-0.15, -0.1) is 0 Å². The molecule has 0 aliphatic heterocycles. The second-order valence-corrected chi connectivity index (χ2v) is 5.44. The van der Waals surface area contributed by atoms with Crippen LogP contribution in [-0.4, -0.2) is 38.9 Å². The summed E-state index contributed by atoms with van der Waals surface area (Å²) in [4.78, 5) is 12.1. The topological polar surface area (TPSA) is 68.8 Å². The summed E-state index contributed by atoms with van der Waals surface area (Å²) in [6.45, 7) is 6.32. The molecule has 6 nitrogen and oxygen atoms in total. The molecular weight excluding hydrogens is 332 g/mol. The van der Waals surface area contributed by atoms with Crippen LogP contribution in [0.3, 0.4) is 0 Å². The van der Waals surface area contributed by atoms with Gasteiger partial charge < -0.3 is 24.8 Å². The number of ether oxygens (including phenoxy) is 3. The molecule has 140 valence electrons. The van der Waals surface area contributed by atoms with Crippen molar-refractivity contribution in [3.05, 3.63) is 48.5 Å². The lowest BCUT2D eigenvalue weighted by atomic mass is 10.3. The lowest BCUT2D eigenvalue weighted by Crippen LogP contribution is -2.21. The SMILES string of the molecule is CCOCCOc1cccc(NC(=O)CNc2cccc(OCC)c2)c1. The number of nitrogens with one attached hydrogen (secondary N) is 2. The Morgan fingerprint density at radius 2 is 1.58 bits per heavy atom. The van der Waals surface area contributed by atoms with Crippen molar-refractivity contribution in [1.29, 1.82) is 0 Å². The molecule has 0 unspecified atom stereocenters. The van der Waals surface area contributed by atoms with Gasteiger partial charge in [-0.25, -0.2) is 0 Å². The van der Waals surface area contributed by atoms with Crippen molar-refractivity contribution >= 4 is 17.3 Å². The van der Waals surface area contributed by atoms with Gasteiger partial charge in [-0.3, -0.25) is 4.79 Å². The van der Waals surface area contributed by atoms with Crippen molar-refractivity contribution in [2.24, 2.45) is 0 Å². The Hall–Kier alpha value is -2.73. The summed E-state index contributed by atoms with van der Waals surface area (Å²) >= 11 is 0. The highest BCUT2D eigenvalue weighted by molar-refractivity contribution is 5.93. The van der Waals surface area contributed by atoms with Gasteiger partial charge in [-0.2, -0.15) is 0 Å². The Bertz CT molecular complexity index is 691. The van der Waals surface area contributed by atoms with Gasteiger partial charge >= 0.3 is 0 Å². The summed E-state index contributed by atoms with van der Waals surface area (Å²) in [6.07, 6.45) is 0. The molecular formula is C20H26N2O4. The third-order valence-corrected chi connectivity index (χ3v) is 3.42. The molecule has 0 heterocycles. The summed E-state index contributed by atoms with van der Waals surface area (Å²) in [6, 6.07) is 14.8. The third-order valence-electron chi connectivity index (χ3n) is 3.42. The van der Waals surface area contributed by atoms with E-state index < -0.39 is 0 Å². The van der Waals surface area contributed by atoms with E-state index >= 15 is 0 Å². The number of carbonyl (C=O) groups is 1. The van der Waals surface area contributed by atoms with Crippen molar-refractivity contribution in [2.45, 2.75) is 13.8 Å². The van der Waals surface area contributed by atoms with Crippen LogP contribution in [0.25, 0.3) is 0 Å². The first-order valence-electron chi connectivity index (χ1n) is 8.78. The quantitative estimate of drug-likeness (QED) is 0.601. The molecule has 0 saturated heterocycles. The number of benzene rings is 2. The van der Waals surface area contributed by atoms with Gasteiger partial charge in [0.15, 0.2) is 0 Å². The van der Waals surface area contributed by atoms with Gasteiger partial charge in [0.2, 0.25) is 5.91 Å². The van der Waals surface area contributed by atoms with Crippen molar-refractivity contribution in [1.82, 2.24) is 0 Å². The molecule has 0 saturated carbocycles. The zero-order valence-corrected chi connectivity index (χ0v) is 15.3. The van der Waals surface area contributed by atoms with Gasteiger partial charge in [0.25, 0.3) is 0 Å². The number of anilines is 2. The Labute approximate surface area is 154 Å². The van der Waals surface area contributed by atoms with Crippen molar-refractivity contribution < 1.29 is 19.0 Å². The first kappa shape index (κ1) is 19.6. The summed E-state index contributed by atoms with van der Waals surface area (Å²) in [5.74, 6) is 1.33. The van der Waals surface area contributed by atoms with Crippen LogP contribution >= 0.6 is 0 Å². The molecule has 0 aliphatic rings. The van der Waals surface area contributed by atoms with Crippen LogP contribution in [0.5, 0.6) is 11.5 Å². The second kappa shape index (κ2) is 11.0. The third kappa shape index (κ3) is 7.03. The highest BCUT2D eigenvalue weighted by atomic mass is 16.5. The fourth-order valence-corrected chi connectivity index (χ4v) is 2.28. The lowest BCUT2D eigenvalue weighted by Gasteiger charge is -2.11. The number of hydrogen-bond acceptors (Lipinski definition) is 5. The monoisotopic (exact) mass is 358 g/mol. The fourth-order valence-electron chi connectivity index (χ4n) is 2.28. The Morgan fingerprint density at radius 3 is 2.31 bits per heavy atom. The van der Waals surface area contributed by atoms with Crippen LogP contribution < -0.4 is 20.1 Å². The van der Waals surface area contributed by atoms with Gasteiger partial charge in [0, 0.05) is 30.1 Å². The van der Waals surface area contributed by atoms with Crippen LogP contribution in [0, 0.1) is 0 Å². The van der Waals surface area contributed by atoms with Crippen LogP contribution in [0.1, 0.15) is 13.8 Å². The van der Waals surface area contributed by atoms with E-state index in [0.717, 1.165) is 11.4 Å². The predicted octanol–water partition coefficient (Wildman–Crippen LogP) is 3.55. The number of carbonyl (C=O) groups excluding carboxylic acids is 1. The van der Waals surface area contributed by atoms with E-state index in [9.17, 15) is 4.79 Å². The number of rotatable bonds is 11. The maximum Gasteiger partial charge on any atom is 0.243 e. The second-order valence-electron chi connectivity index (χ2n) is 5.44. The average Bonchev–Trinajstić information content (AvgIpc) is 2.65. The molecule has 2 aromatic rings. The highest BCUT2D eigenvalue weighted by Crippen LogP contribution is 2.18. The number of hydrogen-bond donors (Lipinski definition) is 2. The average molecular weight is 358 g/mol. The maximum atomic E-state index is 12.1. The van der Waals surface area contributed by atoms with E-state index in [4.69, 9.17) is 14.2 Å². The normalized spacial score (nSPS) is 10.2. The summed E-state index contributed by atoms with van der Waals surface area (Å²) in [5.41, 5.74) is 1.52. The van der Waals surface area contributed by atoms with E-state index in [2.05, 4.69) is 10.6 Å². The van der Waals surface area contributed by atoms with Gasteiger partial charge in [-0.1, -0.05) is 12.1 Å². The molecule has 26 heavy (non-hydrogen) atoms. The largest absolute Gasteiger partial charge is 0.494 e. The van der Waals surface area contributed by atoms with Crippen molar-refractivity contribution in [3.8, 4) is 11.5 Å². The number of amides is 1. The zero-order valence-electron chi connectivity index (χ0n) is 15.3. The van der Waals surface area contributed by atoms with E-state index in [1.807, 2.05) is 56.3 Å². The maximum absolute atomic E-state index is 12.1. The Balaban J connectivity index is 1.81. The Morgan fingerprint density at radius 1 is 0.885 bits per heavy atom. The van der Waals surface area contributed by atoms with Crippen LogP contribution in [0.15, 0.2) is 48.5 Å². The summed E-state index contributed by atoms with van der Waals surface area (Å²) in [5, 5.41) is 5.94. The molecule has 1 amide bonds. The summed E-state index contributed by atoms with van der Waals surface area (Å²) in [7, 11) is 0. The molecule has 2 aromatic carbocycles. The first-order valence-corrected chi connectivity index (χ1v) is 8.78. The van der Waals surface area contributed by atoms with Gasteiger partial charge in [0.05, 0.1) is 19.8 Å². The molecule has 0 aromatic heterocycles. The highest BCUT2D eigenvalue weighted by Gasteiger charge is 2.04. The molecule has 0 aliphatic carbocycles. The fraction of sp³-hybridized carbons (Fsp3) is 0.350. The van der Waals surface area contributed by atoms with Crippen LogP contribution in [-0.2, 0) is 9.53 Å². The lowest BCUT2D eigenvalue weighted by molar-refractivity contribution is -0.114. The summed E-state index contributed by atoms with van der Waals surface area (Å²) < 4.78 is 16.3. The Kier molecular flexibility index (Phi) is 8.29. The standard InChI is InChI=1S/C20H26N2O4/c1-3-24-11-12-26-19-10-6-8-17(14-19)22-20(23)15-21-16-7-5-9-18(13-16)25-4-2/h5-10,13-14,21H,3-4,11-12,15H2,1-2H3,(H,22,23). The molecule has 0 atom stereocenters. The molecule has 0 bridgehead atoms. The van der Waals surface area contributed by atoms with Crippen molar-refractivity contribution in [3.63, 3.8) is 0 Å².